The van der Waals surface area contributed by atoms with Gasteiger partial charge in [0.1, 0.15) is 5.75 Å². The van der Waals surface area contributed by atoms with Crippen LogP contribution in [0.4, 0.5) is 0 Å². The van der Waals surface area contributed by atoms with Gasteiger partial charge in [0.05, 0.1) is 6.42 Å². The van der Waals surface area contributed by atoms with E-state index in [1.807, 2.05) is 25.1 Å². The van der Waals surface area contributed by atoms with Crippen LogP contribution in [0.1, 0.15) is 38.2 Å². The van der Waals surface area contributed by atoms with Crippen LogP contribution in [0.5, 0.6) is 5.75 Å². The van der Waals surface area contributed by atoms with Gasteiger partial charge in [0.25, 0.3) is 0 Å². The summed E-state index contributed by atoms with van der Waals surface area (Å²) in [6, 6.07) is 7.48. The lowest BCUT2D eigenvalue weighted by Gasteiger charge is -2.10. The van der Waals surface area contributed by atoms with Gasteiger partial charge >= 0.3 is 5.97 Å². The molecular formula is C14H19ClO2. The molecule has 94 valence electrons. The molecule has 1 aromatic rings. The van der Waals surface area contributed by atoms with Gasteiger partial charge in [0, 0.05) is 5.38 Å². The van der Waals surface area contributed by atoms with Gasteiger partial charge in [0.15, 0.2) is 0 Å². The number of alkyl halides is 1. The minimum Gasteiger partial charge on any atom is -0.426 e. The number of unbranched alkanes of at least 4 members (excludes halogenated alkanes) is 1. The molecule has 0 aliphatic rings. The average Bonchev–Trinajstić information content (AvgIpc) is 2.29. The highest BCUT2D eigenvalue weighted by molar-refractivity contribution is 6.21. The normalized spacial score (nSPS) is 12.2. The zero-order chi connectivity index (χ0) is 12.7. The lowest BCUT2D eigenvalue weighted by molar-refractivity contribution is -0.134. The Labute approximate surface area is 108 Å². The van der Waals surface area contributed by atoms with Gasteiger partial charge in [-0.3, -0.25) is 4.79 Å². The lowest BCUT2D eigenvalue weighted by atomic mass is 10.1. The Morgan fingerprint density at radius 2 is 2.12 bits per heavy atom. The first-order valence-electron chi connectivity index (χ1n) is 6.04. The van der Waals surface area contributed by atoms with E-state index in [4.69, 9.17) is 16.3 Å². The summed E-state index contributed by atoms with van der Waals surface area (Å²) in [5, 5.41) is -0.119. The van der Waals surface area contributed by atoms with E-state index >= 15 is 0 Å². The van der Waals surface area contributed by atoms with Crippen molar-refractivity contribution in [2.45, 2.75) is 44.9 Å². The van der Waals surface area contributed by atoms with Gasteiger partial charge in [-0.25, -0.2) is 0 Å². The third-order valence-electron chi connectivity index (χ3n) is 2.58. The zero-order valence-corrected chi connectivity index (χ0v) is 11.2. The molecule has 0 heterocycles. The standard InChI is InChI=1S/C14H19ClO2/c1-3-4-8-12(15)10-14(16)17-13-9-6-5-7-11(13)2/h5-7,9,12H,3-4,8,10H2,1-2H3. The van der Waals surface area contributed by atoms with E-state index in [-0.39, 0.29) is 17.8 Å². The predicted octanol–water partition coefficient (Wildman–Crippen LogP) is 4.09. The Kier molecular flexibility index (Phi) is 6.06. The van der Waals surface area contributed by atoms with Crippen molar-refractivity contribution >= 4 is 17.6 Å². The molecule has 0 saturated heterocycles. The van der Waals surface area contributed by atoms with E-state index in [0.29, 0.717) is 5.75 Å². The molecule has 0 aromatic heterocycles. The number of hydrogen-bond acceptors (Lipinski definition) is 2. The number of para-hydroxylation sites is 1. The van der Waals surface area contributed by atoms with E-state index in [1.54, 1.807) is 6.07 Å². The summed E-state index contributed by atoms with van der Waals surface area (Å²) in [5.41, 5.74) is 0.959. The van der Waals surface area contributed by atoms with Crippen LogP contribution in [-0.4, -0.2) is 11.3 Å². The zero-order valence-electron chi connectivity index (χ0n) is 10.4. The number of rotatable bonds is 6. The van der Waals surface area contributed by atoms with E-state index in [1.165, 1.54) is 0 Å². The highest BCUT2D eigenvalue weighted by Gasteiger charge is 2.13. The SMILES string of the molecule is CCCCC(Cl)CC(=O)Oc1ccccc1C. The van der Waals surface area contributed by atoms with Crippen molar-refractivity contribution < 1.29 is 9.53 Å². The number of aryl methyl sites for hydroxylation is 1. The van der Waals surface area contributed by atoms with Crippen molar-refractivity contribution in [3.8, 4) is 5.75 Å². The molecule has 0 N–H and O–H groups in total. The molecule has 0 aliphatic carbocycles. The van der Waals surface area contributed by atoms with Crippen LogP contribution in [0.2, 0.25) is 0 Å². The monoisotopic (exact) mass is 254 g/mol. The number of carbonyl (C=O) groups is 1. The maximum absolute atomic E-state index is 11.6. The van der Waals surface area contributed by atoms with Gasteiger partial charge in [0.2, 0.25) is 0 Å². The third-order valence-corrected chi connectivity index (χ3v) is 2.95. The average molecular weight is 255 g/mol. The molecule has 1 rings (SSSR count). The summed E-state index contributed by atoms with van der Waals surface area (Å²) >= 11 is 6.06. The van der Waals surface area contributed by atoms with Crippen LogP contribution < -0.4 is 4.74 Å². The second kappa shape index (κ2) is 7.33. The summed E-state index contributed by atoms with van der Waals surface area (Å²) in [6.07, 6.45) is 3.28. The summed E-state index contributed by atoms with van der Waals surface area (Å²) in [7, 11) is 0. The highest BCUT2D eigenvalue weighted by Crippen LogP contribution is 2.18. The largest absolute Gasteiger partial charge is 0.426 e. The summed E-state index contributed by atoms with van der Waals surface area (Å²) in [4.78, 5) is 11.6. The summed E-state index contributed by atoms with van der Waals surface area (Å²) in [6.45, 7) is 4.02. The van der Waals surface area contributed by atoms with E-state index in [9.17, 15) is 4.79 Å². The van der Waals surface area contributed by atoms with Crippen LogP contribution in [0.3, 0.4) is 0 Å². The molecule has 0 saturated carbocycles. The van der Waals surface area contributed by atoms with E-state index in [0.717, 1.165) is 24.8 Å². The molecule has 0 spiro atoms. The predicted molar refractivity (Wildman–Crippen MR) is 70.6 cm³/mol. The molecule has 0 bridgehead atoms. The first kappa shape index (κ1) is 14.0. The van der Waals surface area contributed by atoms with Crippen molar-refractivity contribution in [1.82, 2.24) is 0 Å². The van der Waals surface area contributed by atoms with Crippen molar-refractivity contribution in [3.63, 3.8) is 0 Å². The fourth-order valence-corrected chi connectivity index (χ4v) is 1.82. The molecule has 1 aromatic carbocycles. The molecule has 17 heavy (non-hydrogen) atoms. The number of benzene rings is 1. The second-order valence-corrected chi connectivity index (χ2v) is 4.80. The lowest BCUT2D eigenvalue weighted by Crippen LogP contribution is -2.14. The third kappa shape index (κ3) is 5.22. The van der Waals surface area contributed by atoms with Crippen LogP contribution in [0, 0.1) is 6.92 Å². The van der Waals surface area contributed by atoms with Gasteiger partial charge in [-0.15, -0.1) is 11.6 Å². The van der Waals surface area contributed by atoms with Crippen molar-refractivity contribution in [3.05, 3.63) is 29.8 Å². The number of esters is 1. The van der Waals surface area contributed by atoms with Crippen LogP contribution in [0.15, 0.2) is 24.3 Å². The fourth-order valence-electron chi connectivity index (χ4n) is 1.54. The molecule has 0 aliphatic heterocycles. The van der Waals surface area contributed by atoms with Gasteiger partial charge in [-0.1, -0.05) is 38.0 Å². The number of ether oxygens (including phenoxy) is 1. The van der Waals surface area contributed by atoms with E-state index in [2.05, 4.69) is 6.92 Å². The molecule has 2 nitrogen and oxygen atoms in total. The molecule has 0 fully saturated rings. The van der Waals surface area contributed by atoms with Crippen molar-refractivity contribution in [2.75, 3.05) is 0 Å². The fraction of sp³-hybridized carbons (Fsp3) is 0.500. The first-order valence-corrected chi connectivity index (χ1v) is 6.47. The van der Waals surface area contributed by atoms with Crippen LogP contribution in [0.25, 0.3) is 0 Å². The van der Waals surface area contributed by atoms with Crippen LogP contribution >= 0.6 is 11.6 Å². The topological polar surface area (TPSA) is 26.3 Å². The first-order chi connectivity index (χ1) is 8.13. The Morgan fingerprint density at radius 3 is 2.76 bits per heavy atom. The summed E-state index contributed by atoms with van der Waals surface area (Å²) in [5.74, 6) is 0.368. The van der Waals surface area contributed by atoms with Crippen LogP contribution in [-0.2, 0) is 4.79 Å². The Bertz CT molecular complexity index is 363. The quantitative estimate of drug-likeness (QED) is 0.434. The Morgan fingerprint density at radius 1 is 1.41 bits per heavy atom. The Hall–Kier alpha value is -1.02. The minimum absolute atomic E-state index is 0.119. The maximum atomic E-state index is 11.6. The molecule has 0 radical (unpaired) electrons. The minimum atomic E-state index is -0.254. The summed E-state index contributed by atoms with van der Waals surface area (Å²) < 4.78 is 5.27. The second-order valence-electron chi connectivity index (χ2n) is 4.18. The number of hydrogen-bond donors (Lipinski definition) is 0. The van der Waals surface area contributed by atoms with Gasteiger partial charge in [-0.05, 0) is 25.0 Å². The number of carbonyl (C=O) groups excluding carboxylic acids is 1. The van der Waals surface area contributed by atoms with E-state index < -0.39 is 0 Å². The molecule has 0 amide bonds. The van der Waals surface area contributed by atoms with Crippen molar-refractivity contribution in [1.29, 1.82) is 0 Å². The van der Waals surface area contributed by atoms with Crippen molar-refractivity contribution in [2.24, 2.45) is 0 Å². The molecule has 3 heteroatoms. The molecular weight excluding hydrogens is 236 g/mol. The molecule has 1 unspecified atom stereocenters. The smallest absolute Gasteiger partial charge is 0.312 e. The Balaban J connectivity index is 2.42. The number of halogens is 1. The highest BCUT2D eigenvalue weighted by atomic mass is 35.5. The van der Waals surface area contributed by atoms with Gasteiger partial charge < -0.3 is 4.74 Å². The van der Waals surface area contributed by atoms with Gasteiger partial charge in [-0.2, -0.15) is 0 Å². The maximum Gasteiger partial charge on any atom is 0.312 e. The molecule has 1 atom stereocenters.